The minimum atomic E-state index is -0.696. The van der Waals surface area contributed by atoms with Crippen LogP contribution in [-0.4, -0.2) is 83.0 Å². The quantitative estimate of drug-likeness (QED) is 0.487. The van der Waals surface area contributed by atoms with Crippen LogP contribution >= 0.6 is 0 Å². The van der Waals surface area contributed by atoms with Crippen molar-refractivity contribution in [3.05, 3.63) is 53.9 Å². The van der Waals surface area contributed by atoms with Crippen LogP contribution in [0.25, 0.3) is 11.3 Å². The Morgan fingerprint density at radius 2 is 1.74 bits per heavy atom. The lowest BCUT2D eigenvalue weighted by molar-refractivity contribution is -0.117. The summed E-state index contributed by atoms with van der Waals surface area (Å²) < 4.78 is 30.2. The van der Waals surface area contributed by atoms with Crippen LogP contribution in [0.4, 0.5) is 31.9 Å². The van der Waals surface area contributed by atoms with Crippen molar-refractivity contribution in [1.29, 1.82) is 0 Å². The molecule has 0 bridgehead atoms. The van der Waals surface area contributed by atoms with E-state index in [1.54, 1.807) is 18.0 Å². The zero-order valence-corrected chi connectivity index (χ0v) is 22.8. The number of likely N-dealkylation sites (N-methyl/N-ethyl adjacent to an activating group) is 2. The van der Waals surface area contributed by atoms with Gasteiger partial charge in [0.15, 0.2) is 5.82 Å². The lowest BCUT2D eigenvalue weighted by atomic mass is 10.0. The van der Waals surface area contributed by atoms with Crippen molar-refractivity contribution in [2.45, 2.75) is 33.4 Å². The lowest BCUT2D eigenvalue weighted by Crippen LogP contribution is -2.47. The van der Waals surface area contributed by atoms with Gasteiger partial charge < -0.3 is 20.0 Å². The molecular weight excluding hydrogens is 502 g/mol. The fraction of sp³-hybridized carbons (Fsp3) is 0.429. The predicted octanol–water partition coefficient (Wildman–Crippen LogP) is 3.89. The third kappa shape index (κ3) is 5.69. The van der Waals surface area contributed by atoms with E-state index in [2.05, 4.69) is 37.0 Å². The summed E-state index contributed by atoms with van der Waals surface area (Å²) in [6, 6.07) is 6.49. The molecule has 1 N–H and O–H groups in total. The molecule has 0 spiro atoms. The molecule has 206 valence electrons. The number of halogens is 2. The van der Waals surface area contributed by atoms with Crippen molar-refractivity contribution < 1.29 is 13.6 Å². The second-order valence-electron chi connectivity index (χ2n) is 10.3. The van der Waals surface area contributed by atoms with E-state index in [-0.39, 0.29) is 35.7 Å². The molecule has 0 atom stereocenters. The van der Waals surface area contributed by atoms with E-state index in [1.807, 2.05) is 32.2 Å². The molecular formula is C28H34F2N8O. The molecule has 11 heteroatoms. The van der Waals surface area contributed by atoms with E-state index in [0.29, 0.717) is 17.2 Å². The van der Waals surface area contributed by atoms with Gasteiger partial charge in [-0.1, -0.05) is 13.0 Å². The van der Waals surface area contributed by atoms with Gasteiger partial charge in [-0.3, -0.25) is 9.69 Å². The maximum absolute atomic E-state index is 15.3. The third-order valence-electron chi connectivity index (χ3n) is 7.24. The summed E-state index contributed by atoms with van der Waals surface area (Å²) in [6.07, 6.45) is 2.86. The second kappa shape index (κ2) is 11.2. The zero-order chi connectivity index (χ0) is 27.7. The number of piperazine rings is 1. The number of anilines is 4. The summed E-state index contributed by atoms with van der Waals surface area (Å²) >= 11 is 0. The molecule has 0 unspecified atom stereocenters. The molecule has 0 radical (unpaired) electrons. The third-order valence-corrected chi connectivity index (χ3v) is 7.24. The van der Waals surface area contributed by atoms with E-state index >= 15 is 4.39 Å². The lowest BCUT2D eigenvalue weighted by Gasteiger charge is -2.38. The van der Waals surface area contributed by atoms with Crippen LogP contribution in [0.1, 0.15) is 26.3 Å². The van der Waals surface area contributed by atoms with Crippen molar-refractivity contribution in [2.75, 3.05) is 61.4 Å². The average Bonchev–Trinajstić information content (AvgIpc) is 2.90. The van der Waals surface area contributed by atoms with Crippen molar-refractivity contribution in [3.8, 4) is 11.3 Å². The number of hydrogen-bond acceptors (Lipinski definition) is 8. The highest BCUT2D eigenvalue weighted by Crippen LogP contribution is 2.40. The average molecular weight is 537 g/mol. The Balaban J connectivity index is 1.35. The van der Waals surface area contributed by atoms with Gasteiger partial charge >= 0.3 is 0 Å². The van der Waals surface area contributed by atoms with E-state index in [9.17, 15) is 9.18 Å². The number of carbonyl (C=O) groups excluding carboxylic acids is 1. The van der Waals surface area contributed by atoms with Crippen LogP contribution < -0.4 is 15.1 Å². The summed E-state index contributed by atoms with van der Waals surface area (Å²) in [7, 11) is 1.66. The van der Waals surface area contributed by atoms with E-state index < -0.39 is 11.6 Å². The highest BCUT2D eigenvalue weighted by atomic mass is 19.1. The van der Waals surface area contributed by atoms with E-state index in [1.165, 1.54) is 11.0 Å². The van der Waals surface area contributed by atoms with Gasteiger partial charge in [0, 0.05) is 57.6 Å². The largest absolute Gasteiger partial charge is 0.361 e. The minimum absolute atomic E-state index is 0.0681. The van der Waals surface area contributed by atoms with Gasteiger partial charge in [-0.25, -0.2) is 23.7 Å². The monoisotopic (exact) mass is 536 g/mol. The second-order valence-corrected chi connectivity index (χ2v) is 10.3. The van der Waals surface area contributed by atoms with Crippen molar-refractivity contribution in [1.82, 2.24) is 24.8 Å². The van der Waals surface area contributed by atoms with Gasteiger partial charge in [-0.05, 0) is 44.2 Å². The molecule has 1 aromatic carbocycles. The molecule has 5 rings (SSSR count). The SMILES string of the molecule is CCN1CCN(Cc2ccc(Nc3ncc(F)c(-c4cc(F)c5c(c4)N(C(C)C)C(=O)CN5C)n3)nc2)CC1. The number of nitrogens with zero attached hydrogens (tertiary/aromatic N) is 7. The normalized spacial score (nSPS) is 16.6. The Labute approximate surface area is 227 Å². The summed E-state index contributed by atoms with van der Waals surface area (Å²) in [5.41, 5.74) is 1.94. The Morgan fingerprint density at radius 1 is 1.00 bits per heavy atom. The van der Waals surface area contributed by atoms with Crippen LogP contribution in [0.2, 0.25) is 0 Å². The van der Waals surface area contributed by atoms with Gasteiger partial charge in [0.25, 0.3) is 0 Å². The first-order chi connectivity index (χ1) is 18.7. The number of rotatable bonds is 7. The molecule has 2 aromatic heterocycles. The number of pyridine rings is 1. The summed E-state index contributed by atoms with van der Waals surface area (Å²) in [4.78, 5) is 33.5. The Morgan fingerprint density at radius 3 is 2.41 bits per heavy atom. The molecule has 9 nitrogen and oxygen atoms in total. The van der Waals surface area contributed by atoms with Crippen LogP contribution in [-0.2, 0) is 11.3 Å². The first kappa shape index (κ1) is 26.9. The number of amides is 1. The Hall–Kier alpha value is -3.70. The summed E-state index contributed by atoms with van der Waals surface area (Å²) in [6.45, 7) is 12.1. The van der Waals surface area contributed by atoms with Crippen LogP contribution in [0, 0.1) is 11.6 Å². The molecule has 1 saturated heterocycles. The summed E-state index contributed by atoms with van der Waals surface area (Å²) in [5.74, 6) is -0.752. The summed E-state index contributed by atoms with van der Waals surface area (Å²) in [5, 5.41) is 3.02. The highest BCUT2D eigenvalue weighted by molar-refractivity contribution is 6.04. The van der Waals surface area contributed by atoms with Crippen LogP contribution in [0.5, 0.6) is 0 Å². The maximum Gasteiger partial charge on any atom is 0.246 e. The highest BCUT2D eigenvalue weighted by Gasteiger charge is 2.32. The van der Waals surface area contributed by atoms with Crippen molar-refractivity contribution >= 4 is 29.0 Å². The number of aromatic nitrogens is 3. The van der Waals surface area contributed by atoms with E-state index in [0.717, 1.165) is 51.0 Å². The number of hydrogen-bond donors (Lipinski definition) is 1. The molecule has 0 saturated carbocycles. The van der Waals surface area contributed by atoms with Crippen molar-refractivity contribution in [3.63, 3.8) is 0 Å². The standard InChI is InChI=1S/C28H34F2N8O/c1-5-36-8-10-37(11-9-36)16-19-6-7-24(31-14-19)33-28-32-15-22(30)26(34-28)20-12-21(29)27-23(13-20)38(18(2)3)25(39)17-35(27)4/h6-7,12-15,18H,5,8-11,16-17H2,1-4H3,(H,31,32,33,34). The number of benzene rings is 1. The maximum atomic E-state index is 15.3. The predicted molar refractivity (Wildman–Crippen MR) is 148 cm³/mol. The minimum Gasteiger partial charge on any atom is -0.361 e. The van der Waals surface area contributed by atoms with Gasteiger partial charge in [0.1, 0.15) is 17.3 Å². The first-order valence-electron chi connectivity index (χ1n) is 13.3. The molecule has 3 aromatic rings. The molecule has 1 fully saturated rings. The number of carbonyl (C=O) groups is 1. The molecule has 39 heavy (non-hydrogen) atoms. The molecule has 0 aliphatic carbocycles. The topological polar surface area (TPSA) is 80.7 Å². The van der Waals surface area contributed by atoms with Gasteiger partial charge in [0.05, 0.1) is 24.1 Å². The fourth-order valence-electron chi connectivity index (χ4n) is 5.20. The van der Waals surface area contributed by atoms with Crippen LogP contribution in [0.15, 0.2) is 36.7 Å². The smallest absolute Gasteiger partial charge is 0.246 e. The van der Waals surface area contributed by atoms with Crippen LogP contribution in [0.3, 0.4) is 0 Å². The molecule has 2 aliphatic rings. The molecule has 4 heterocycles. The van der Waals surface area contributed by atoms with Crippen molar-refractivity contribution in [2.24, 2.45) is 0 Å². The zero-order valence-electron chi connectivity index (χ0n) is 22.8. The first-order valence-corrected chi connectivity index (χ1v) is 13.3. The Bertz CT molecular complexity index is 1340. The number of fused-ring (bicyclic) bond motifs is 1. The van der Waals surface area contributed by atoms with E-state index in [4.69, 9.17) is 0 Å². The fourth-order valence-corrected chi connectivity index (χ4v) is 5.20. The number of nitrogens with one attached hydrogen (secondary N) is 1. The van der Waals surface area contributed by atoms with Gasteiger partial charge in [-0.2, -0.15) is 0 Å². The molecule has 1 amide bonds. The van der Waals surface area contributed by atoms with Gasteiger partial charge in [-0.15, -0.1) is 0 Å². The van der Waals surface area contributed by atoms with Gasteiger partial charge in [0.2, 0.25) is 11.9 Å². The molecule has 2 aliphatic heterocycles. The Kier molecular flexibility index (Phi) is 7.72.